The number of hydrazine groups is 1. The summed E-state index contributed by atoms with van der Waals surface area (Å²) in [6.45, 7) is 3.18. The van der Waals surface area contributed by atoms with Gasteiger partial charge in [0.2, 0.25) is 0 Å². The summed E-state index contributed by atoms with van der Waals surface area (Å²) < 4.78 is 52.1. The number of hydrogen-bond donors (Lipinski definition) is 3. The van der Waals surface area contributed by atoms with E-state index in [1.54, 1.807) is 13.8 Å². The molecule has 2 rings (SSSR count). The van der Waals surface area contributed by atoms with Crippen molar-refractivity contribution in [3.8, 4) is 0 Å². The van der Waals surface area contributed by atoms with E-state index in [0.717, 1.165) is 12.1 Å². The Labute approximate surface area is 173 Å². The number of nitro benzene ring substituents is 1. The summed E-state index contributed by atoms with van der Waals surface area (Å²) in [6, 6.07) is 5.69. The van der Waals surface area contributed by atoms with Crippen molar-refractivity contribution in [2.24, 2.45) is 5.92 Å². The molecule has 0 fully saturated rings. The molecule has 0 saturated carbocycles. The number of anilines is 1. The van der Waals surface area contributed by atoms with Gasteiger partial charge in [-0.25, -0.2) is 4.39 Å². The summed E-state index contributed by atoms with van der Waals surface area (Å²) in [5.41, 5.74) is 1.50. The fraction of sp³-hybridized carbons (Fsp3) is 0.263. The van der Waals surface area contributed by atoms with Crippen LogP contribution in [0.25, 0.3) is 0 Å². The predicted octanol–water partition coefficient (Wildman–Crippen LogP) is 3.65. The van der Waals surface area contributed by atoms with Crippen LogP contribution >= 0.6 is 0 Å². The van der Waals surface area contributed by atoms with Gasteiger partial charge in [-0.3, -0.25) is 30.6 Å². The molecule has 0 aliphatic carbocycles. The van der Waals surface area contributed by atoms with Gasteiger partial charge >= 0.3 is 6.18 Å². The van der Waals surface area contributed by atoms with Crippen molar-refractivity contribution < 1.29 is 32.1 Å². The third kappa shape index (κ3) is 5.90. The Morgan fingerprint density at radius 3 is 2.29 bits per heavy atom. The Hall–Kier alpha value is -3.70. The van der Waals surface area contributed by atoms with Gasteiger partial charge in [-0.05, 0) is 30.2 Å². The predicted molar refractivity (Wildman–Crippen MR) is 102 cm³/mol. The quantitative estimate of drug-likeness (QED) is 0.344. The molecule has 0 saturated heterocycles. The molecule has 3 N–H and O–H groups in total. The summed E-state index contributed by atoms with van der Waals surface area (Å²) in [4.78, 5) is 34.8. The lowest BCUT2D eigenvalue weighted by atomic mass is 10.0. The molecule has 0 bridgehead atoms. The topological polar surface area (TPSA) is 113 Å². The zero-order chi connectivity index (χ0) is 23.3. The second-order valence-electron chi connectivity index (χ2n) is 6.78. The van der Waals surface area contributed by atoms with E-state index in [2.05, 4.69) is 16.2 Å². The molecule has 31 heavy (non-hydrogen) atoms. The number of alkyl halides is 3. The average molecular weight is 442 g/mol. The molecule has 0 aliphatic heterocycles. The fourth-order valence-corrected chi connectivity index (χ4v) is 2.57. The van der Waals surface area contributed by atoms with Crippen molar-refractivity contribution in [3.05, 3.63) is 69.5 Å². The van der Waals surface area contributed by atoms with Crippen molar-refractivity contribution in [1.82, 2.24) is 10.7 Å². The fourth-order valence-electron chi connectivity index (χ4n) is 2.57. The molecule has 0 heterocycles. The number of benzene rings is 2. The molecule has 1 unspecified atom stereocenters. The van der Waals surface area contributed by atoms with Crippen LogP contribution in [0.15, 0.2) is 42.5 Å². The minimum Gasteiger partial charge on any atom is -0.340 e. The average Bonchev–Trinajstić information content (AvgIpc) is 2.69. The van der Waals surface area contributed by atoms with Crippen LogP contribution in [0.2, 0.25) is 0 Å². The molecular formula is C19H18F4N4O4. The molecule has 1 atom stereocenters. The monoisotopic (exact) mass is 442 g/mol. The standard InChI is InChI=1S/C19H18F4N4O4/c1-10(2)16(24-17(28)12-5-3-4-6-13(12)20)18(29)26-25-14-8-7-11(19(21,22)23)9-15(14)27(30)31/h3-10,16,25H,1-2H3,(H,24,28)(H,26,29). The van der Waals surface area contributed by atoms with E-state index < -0.39 is 57.6 Å². The van der Waals surface area contributed by atoms with Crippen molar-refractivity contribution in [2.45, 2.75) is 26.1 Å². The molecule has 0 radical (unpaired) electrons. The first-order valence-corrected chi connectivity index (χ1v) is 8.88. The van der Waals surface area contributed by atoms with Gasteiger partial charge in [0.15, 0.2) is 0 Å². The van der Waals surface area contributed by atoms with Crippen LogP contribution in [0.4, 0.5) is 28.9 Å². The highest BCUT2D eigenvalue weighted by Crippen LogP contribution is 2.34. The smallest absolute Gasteiger partial charge is 0.340 e. The number of carbonyl (C=O) groups excluding carboxylic acids is 2. The van der Waals surface area contributed by atoms with Gasteiger partial charge in [0.1, 0.15) is 17.5 Å². The summed E-state index contributed by atoms with van der Waals surface area (Å²) in [5, 5.41) is 13.5. The number of hydrogen-bond acceptors (Lipinski definition) is 5. The van der Waals surface area contributed by atoms with Gasteiger partial charge in [-0.2, -0.15) is 13.2 Å². The highest BCUT2D eigenvalue weighted by Gasteiger charge is 2.33. The highest BCUT2D eigenvalue weighted by atomic mass is 19.4. The van der Waals surface area contributed by atoms with Crippen molar-refractivity contribution in [3.63, 3.8) is 0 Å². The summed E-state index contributed by atoms with van der Waals surface area (Å²) in [6.07, 6.45) is -4.79. The van der Waals surface area contributed by atoms with E-state index in [1.165, 1.54) is 18.2 Å². The number of rotatable bonds is 7. The van der Waals surface area contributed by atoms with Crippen LogP contribution in [0.1, 0.15) is 29.8 Å². The molecule has 166 valence electrons. The number of nitrogens with zero attached hydrogens (tertiary/aromatic N) is 1. The molecule has 0 aromatic heterocycles. The van der Waals surface area contributed by atoms with E-state index in [0.29, 0.717) is 12.1 Å². The van der Waals surface area contributed by atoms with Gasteiger partial charge in [-0.1, -0.05) is 26.0 Å². The maximum Gasteiger partial charge on any atom is 0.416 e. The maximum absolute atomic E-state index is 13.8. The Morgan fingerprint density at radius 1 is 1.10 bits per heavy atom. The minimum absolute atomic E-state index is 0.285. The Bertz CT molecular complexity index is 995. The third-order valence-electron chi connectivity index (χ3n) is 4.20. The number of amides is 2. The van der Waals surface area contributed by atoms with Crippen LogP contribution in [0, 0.1) is 21.8 Å². The van der Waals surface area contributed by atoms with Gasteiger partial charge in [0.25, 0.3) is 17.5 Å². The minimum atomic E-state index is -4.79. The Balaban J connectivity index is 2.16. The van der Waals surface area contributed by atoms with Crippen molar-refractivity contribution in [1.29, 1.82) is 0 Å². The highest BCUT2D eigenvalue weighted by molar-refractivity contribution is 5.98. The first kappa shape index (κ1) is 23.6. The van der Waals surface area contributed by atoms with Gasteiger partial charge in [-0.15, -0.1) is 0 Å². The number of halogens is 4. The maximum atomic E-state index is 13.8. The second kappa shape index (κ2) is 9.41. The Kier molecular flexibility index (Phi) is 7.16. The molecular weight excluding hydrogens is 424 g/mol. The summed E-state index contributed by atoms with van der Waals surface area (Å²) in [7, 11) is 0. The third-order valence-corrected chi connectivity index (χ3v) is 4.20. The molecule has 2 aromatic rings. The first-order chi connectivity index (χ1) is 14.4. The van der Waals surface area contributed by atoms with E-state index in [4.69, 9.17) is 0 Å². The van der Waals surface area contributed by atoms with Gasteiger partial charge in [0.05, 0.1) is 16.1 Å². The summed E-state index contributed by atoms with van der Waals surface area (Å²) >= 11 is 0. The zero-order valence-corrected chi connectivity index (χ0v) is 16.3. The van der Waals surface area contributed by atoms with Crippen molar-refractivity contribution in [2.75, 3.05) is 5.43 Å². The largest absolute Gasteiger partial charge is 0.416 e. The Morgan fingerprint density at radius 2 is 1.74 bits per heavy atom. The molecule has 0 aliphatic rings. The van der Waals surface area contributed by atoms with E-state index >= 15 is 0 Å². The lowest BCUT2D eigenvalue weighted by molar-refractivity contribution is -0.384. The van der Waals surface area contributed by atoms with Crippen LogP contribution in [-0.4, -0.2) is 22.8 Å². The molecule has 2 amide bonds. The summed E-state index contributed by atoms with van der Waals surface area (Å²) in [5.74, 6) is -2.96. The second-order valence-corrected chi connectivity index (χ2v) is 6.78. The van der Waals surface area contributed by atoms with E-state index in [-0.39, 0.29) is 5.56 Å². The normalized spacial score (nSPS) is 12.2. The number of carbonyl (C=O) groups is 2. The zero-order valence-electron chi connectivity index (χ0n) is 16.3. The van der Waals surface area contributed by atoms with Crippen molar-refractivity contribution >= 4 is 23.2 Å². The van der Waals surface area contributed by atoms with E-state index in [1.807, 2.05) is 0 Å². The lowest BCUT2D eigenvalue weighted by Gasteiger charge is -2.22. The molecule has 12 heteroatoms. The van der Waals surface area contributed by atoms with Crippen LogP contribution in [-0.2, 0) is 11.0 Å². The number of nitrogens with one attached hydrogen (secondary N) is 3. The van der Waals surface area contributed by atoms with Crippen LogP contribution in [0.5, 0.6) is 0 Å². The molecule has 0 spiro atoms. The number of nitro groups is 1. The molecule has 2 aromatic carbocycles. The van der Waals surface area contributed by atoms with Crippen LogP contribution in [0.3, 0.4) is 0 Å². The lowest BCUT2D eigenvalue weighted by Crippen LogP contribution is -2.51. The molecule has 8 nitrogen and oxygen atoms in total. The van der Waals surface area contributed by atoms with Gasteiger partial charge in [0, 0.05) is 6.07 Å². The van der Waals surface area contributed by atoms with Gasteiger partial charge < -0.3 is 5.32 Å². The SMILES string of the molecule is CC(C)C(NC(=O)c1ccccc1F)C(=O)NNc1ccc(C(F)(F)F)cc1[N+](=O)[O-]. The van der Waals surface area contributed by atoms with Crippen LogP contribution < -0.4 is 16.2 Å². The van der Waals surface area contributed by atoms with E-state index in [9.17, 15) is 37.3 Å². The first-order valence-electron chi connectivity index (χ1n) is 8.88.